The normalized spacial score (nSPS) is 20.5. The Morgan fingerprint density at radius 2 is 1.17 bits per heavy atom. The van der Waals surface area contributed by atoms with Gasteiger partial charge in [-0.2, -0.15) is 0 Å². The van der Waals surface area contributed by atoms with Gasteiger partial charge in [0.1, 0.15) is 0 Å². The van der Waals surface area contributed by atoms with E-state index in [9.17, 15) is 9.59 Å². The van der Waals surface area contributed by atoms with E-state index in [0.29, 0.717) is 12.1 Å². The monoisotopic (exact) mass is 410 g/mol. The van der Waals surface area contributed by atoms with Crippen LogP contribution in [0.25, 0.3) is 0 Å². The van der Waals surface area contributed by atoms with E-state index in [2.05, 4.69) is 20.6 Å². The predicted octanol–water partition coefficient (Wildman–Crippen LogP) is 3.26. The third-order valence-corrected chi connectivity index (χ3v) is 6.55. The number of unbranched alkanes of at least 4 members (excludes halogenated alkanes) is 3. The molecule has 162 valence electrons. The molecule has 0 unspecified atom stereocenters. The van der Waals surface area contributed by atoms with Gasteiger partial charge >= 0.3 is 0 Å². The third-order valence-electron chi connectivity index (χ3n) is 6.55. The standard InChI is InChI=1S/C24H34N4O2/c29-23-13-11-17-19(7-5-9-21(17)27-23)25-15-3-1-2-4-16-26-20-8-6-10-22-18(20)12-14-24(30)28-22/h11-14,19-20,25-26H,1-10,15-16H2,(H,27,29)(H,28,30)/t19-,20+. The number of rotatable bonds is 9. The van der Waals surface area contributed by atoms with Crippen LogP contribution in [0.15, 0.2) is 33.9 Å². The van der Waals surface area contributed by atoms with E-state index < -0.39 is 0 Å². The Balaban J connectivity index is 1.12. The molecular formula is C24H34N4O2. The number of hydrogen-bond acceptors (Lipinski definition) is 4. The van der Waals surface area contributed by atoms with Crippen molar-refractivity contribution in [2.24, 2.45) is 0 Å². The van der Waals surface area contributed by atoms with Gasteiger partial charge in [0.2, 0.25) is 11.1 Å². The summed E-state index contributed by atoms with van der Waals surface area (Å²) >= 11 is 0. The average molecular weight is 411 g/mol. The van der Waals surface area contributed by atoms with Gasteiger partial charge in [-0.15, -0.1) is 0 Å². The summed E-state index contributed by atoms with van der Waals surface area (Å²) in [7, 11) is 0. The maximum absolute atomic E-state index is 11.5. The number of aromatic amines is 2. The summed E-state index contributed by atoms with van der Waals surface area (Å²) in [5, 5.41) is 7.38. The van der Waals surface area contributed by atoms with Crippen molar-refractivity contribution in [2.75, 3.05) is 13.1 Å². The van der Waals surface area contributed by atoms with Crippen molar-refractivity contribution in [2.45, 2.75) is 76.3 Å². The van der Waals surface area contributed by atoms with Gasteiger partial charge in [0.15, 0.2) is 0 Å². The lowest BCUT2D eigenvalue weighted by Crippen LogP contribution is -2.28. The van der Waals surface area contributed by atoms with Crippen LogP contribution >= 0.6 is 0 Å². The average Bonchev–Trinajstić information content (AvgIpc) is 2.75. The first kappa shape index (κ1) is 21.1. The van der Waals surface area contributed by atoms with Crippen LogP contribution in [-0.4, -0.2) is 23.1 Å². The second-order valence-electron chi connectivity index (χ2n) is 8.73. The van der Waals surface area contributed by atoms with Gasteiger partial charge in [0.05, 0.1) is 0 Å². The van der Waals surface area contributed by atoms with Crippen LogP contribution in [0.3, 0.4) is 0 Å². The fraction of sp³-hybridized carbons (Fsp3) is 0.583. The first-order valence-electron chi connectivity index (χ1n) is 11.6. The summed E-state index contributed by atoms with van der Waals surface area (Å²) in [6.07, 6.45) is 11.4. The topological polar surface area (TPSA) is 89.8 Å². The maximum atomic E-state index is 11.5. The van der Waals surface area contributed by atoms with Gasteiger partial charge in [-0.25, -0.2) is 0 Å². The summed E-state index contributed by atoms with van der Waals surface area (Å²) < 4.78 is 0. The lowest BCUT2D eigenvalue weighted by molar-refractivity contribution is 0.432. The number of H-pyrrole nitrogens is 2. The first-order chi connectivity index (χ1) is 14.7. The van der Waals surface area contributed by atoms with E-state index in [1.807, 2.05) is 12.1 Å². The Kier molecular flexibility index (Phi) is 7.18. The molecule has 30 heavy (non-hydrogen) atoms. The number of fused-ring (bicyclic) bond motifs is 2. The molecular weight excluding hydrogens is 376 g/mol. The fourth-order valence-electron chi connectivity index (χ4n) is 4.98. The second kappa shape index (κ2) is 10.2. The Morgan fingerprint density at radius 1 is 0.700 bits per heavy atom. The molecule has 4 N–H and O–H groups in total. The summed E-state index contributed by atoms with van der Waals surface area (Å²) in [6, 6.07) is 8.04. The highest BCUT2D eigenvalue weighted by Crippen LogP contribution is 2.28. The van der Waals surface area contributed by atoms with Gasteiger partial charge in [-0.3, -0.25) is 9.59 Å². The summed E-state index contributed by atoms with van der Waals surface area (Å²) in [5.74, 6) is 0. The molecule has 2 aromatic rings. The van der Waals surface area contributed by atoms with Crippen LogP contribution < -0.4 is 21.8 Å². The van der Waals surface area contributed by atoms with E-state index in [1.165, 1.54) is 36.8 Å². The van der Waals surface area contributed by atoms with E-state index in [-0.39, 0.29) is 11.1 Å². The van der Waals surface area contributed by atoms with Crippen LogP contribution in [0, 0.1) is 0 Å². The van der Waals surface area contributed by atoms with Crippen molar-refractivity contribution in [1.29, 1.82) is 0 Å². The third kappa shape index (κ3) is 5.29. The van der Waals surface area contributed by atoms with E-state index >= 15 is 0 Å². The number of nitrogens with one attached hydrogen (secondary N) is 4. The van der Waals surface area contributed by atoms with E-state index in [1.54, 1.807) is 12.1 Å². The molecule has 6 heteroatoms. The molecule has 2 heterocycles. The Labute approximate surface area is 177 Å². The van der Waals surface area contributed by atoms with Crippen molar-refractivity contribution in [3.05, 3.63) is 67.5 Å². The molecule has 2 aliphatic rings. The minimum Gasteiger partial charge on any atom is -0.326 e. The molecule has 0 aromatic carbocycles. The Morgan fingerprint density at radius 3 is 1.63 bits per heavy atom. The van der Waals surface area contributed by atoms with Crippen molar-refractivity contribution in [3.63, 3.8) is 0 Å². The highest BCUT2D eigenvalue weighted by Gasteiger charge is 2.21. The molecule has 0 fully saturated rings. The minimum absolute atomic E-state index is 0.00742. The van der Waals surface area contributed by atoms with Gasteiger partial charge in [0.25, 0.3) is 0 Å². The zero-order chi connectivity index (χ0) is 20.8. The molecule has 0 spiro atoms. The second-order valence-corrected chi connectivity index (χ2v) is 8.73. The Hall–Kier alpha value is -2.18. The quantitative estimate of drug-likeness (QED) is 0.478. The van der Waals surface area contributed by atoms with Crippen LogP contribution in [0.5, 0.6) is 0 Å². The van der Waals surface area contributed by atoms with Crippen molar-refractivity contribution >= 4 is 0 Å². The van der Waals surface area contributed by atoms with Crippen LogP contribution in [0.1, 0.15) is 86.0 Å². The molecule has 0 radical (unpaired) electrons. The molecule has 0 saturated heterocycles. The molecule has 4 rings (SSSR count). The first-order valence-corrected chi connectivity index (χ1v) is 11.6. The van der Waals surface area contributed by atoms with Gasteiger partial charge in [0, 0.05) is 35.6 Å². The summed E-state index contributed by atoms with van der Waals surface area (Å²) in [4.78, 5) is 29.0. The van der Waals surface area contributed by atoms with Crippen molar-refractivity contribution in [1.82, 2.24) is 20.6 Å². The number of aryl methyl sites for hydroxylation is 2. The summed E-state index contributed by atoms with van der Waals surface area (Å²) in [5.41, 5.74) is 4.80. The highest BCUT2D eigenvalue weighted by atomic mass is 16.1. The largest absolute Gasteiger partial charge is 0.326 e. The molecule has 0 bridgehead atoms. The van der Waals surface area contributed by atoms with Crippen molar-refractivity contribution < 1.29 is 0 Å². The predicted molar refractivity (Wildman–Crippen MR) is 120 cm³/mol. The number of aromatic nitrogens is 2. The maximum Gasteiger partial charge on any atom is 0.248 e. The fourth-order valence-corrected chi connectivity index (χ4v) is 4.98. The number of hydrogen-bond donors (Lipinski definition) is 4. The molecule has 6 nitrogen and oxygen atoms in total. The molecule has 2 atom stereocenters. The van der Waals surface area contributed by atoms with Gasteiger partial charge in [-0.05, 0) is 75.6 Å². The van der Waals surface area contributed by atoms with Gasteiger partial charge in [-0.1, -0.05) is 25.0 Å². The molecule has 2 aromatic heterocycles. The molecule has 2 aliphatic carbocycles. The molecule has 0 saturated carbocycles. The minimum atomic E-state index is 0.00742. The zero-order valence-electron chi connectivity index (χ0n) is 17.8. The van der Waals surface area contributed by atoms with Crippen LogP contribution in [0.2, 0.25) is 0 Å². The lowest BCUT2D eigenvalue weighted by atomic mass is 9.91. The van der Waals surface area contributed by atoms with E-state index in [4.69, 9.17) is 0 Å². The SMILES string of the molecule is O=c1ccc2c([nH]1)CCC[C@@H]2NCCCCCCN[C@@H]1CCCc2[nH]c(=O)ccc21. The lowest BCUT2D eigenvalue weighted by Gasteiger charge is -2.26. The zero-order valence-corrected chi connectivity index (χ0v) is 17.8. The van der Waals surface area contributed by atoms with Crippen molar-refractivity contribution in [3.8, 4) is 0 Å². The Bertz CT molecular complexity index is 871. The highest BCUT2D eigenvalue weighted by molar-refractivity contribution is 5.27. The molecule has 0 amide bonds. The number of pyridine rings is 2. The van der Waals surface area contributed by atoms with Crippen LogP contribution in [-0.2, 0) is 12.8 Å². The van der Waals surface area contributed by atoms with Crippen LogP contribution in [0.4, 0.5) is 0 Å². The van der Waals surface area contributed by atoms with Gasteiger partial charge < -0.3 is 20.6 Å². The summed E-state index contributed by atoms with van der Waals surface area (Å²) in [6.45, 7) is 2.06. The smallest absolute Gasteiger partial charge is 0.248 e. The van der Waals surface area contributed by atoms with E-state index in [0.717, 1.165) is 63.0 Å². The molecule has 0 aliphatic heterocycles.